The number of hydrogen-bond acceptors (Lipinski definition) is 6. The third-order valence-electron chi connectivity index (χ3n) is 7.11. The molecule has 26 heavy (non-hydrogen) atoms. The Morgan fingerprint density at radius 2 is 1.85 bits per heavy atom. The second-order valence-corrected chi connectivity index (χ2v) is 8.88. The van der Waals surface area contributed by atoms with Crippen molar-refractivity contribution in [1.82, 2.24) is 0 Å². The van der Waals surface area contributed by atoms with Crippen LogP contribution < -0.4 is 0 Å². The Kier molecular flexibility index (Phi) is 3.79. The lowest BCUT2D eigenvalue weighted by Crippen LogP contribution is -2.64. The first-order chi connectivity index (χ1) is 12.1. The second-order valence-electron chi connectivity index (χ2n) is 8.88. The molecule has 0 aromatic carbocycles. The van der Waals surface area contributed by atoms with Gasteiger partial charge in [0.1, 0.15) is 5.76 Å². The van der Waals surface area contributed by atoms with Crippen LogP contribution in [-0.2, 0) is 14.3 Å². The number of rotatable bonds is 1. The minimum atomic E-state index is -1.22. The third-order valence-corrected chi connectivity index (χ3v) is 7.11. The molecule has 1 heterocycles. The molecule has 3 N–H and O–H groups in total. The molecule has 4 aliphatic rings. The van der Waals surface area contributed by atoms with Crippen molar-refractivity contribution >= 4 is 11.6 Å². The molecule has 0 aromatic heterocycles. The van der Waals surface area contributed by atoms with Crippen molar-refractivity contribution in [1.29, 1.82) is 0 Å². The molecule has 142 valence electrons. The molecule has 0 amide bonds. The molecule has 5 atom stereocenters. The number of Topliss-reactive ketones (excluding diaryl/α,β-unsaturated/α-hetero) is 2. The summed E-state index contributed by atoms with van der Waals surface area (Å²) < 4.78 is 5.66. The molecule has 6 heteroatoms. The van der Waals surface area contributed by atoms with Gasteiger partial charge >= 0.3 is 0 Å². The molecule has 2 fully saturated rings. The Morgan fingerprint density at radius 1 is 1.15 bits per heavy atom. The Bertz CT molecular complexity index is 762. The van der Waals surface area contributed by atoms with Gasteiger partial charge < -0.3 is 20.1 Å². The average molecular weight is 362 g/mol. The number of aliphatic hydroxyl groups excluding tert-OH is 3. The van der Waals surface area contributed by atoms with Gasteiger partial charge in [0.15, 0.2) is 6.29 Å². The monoisotopic (exact) mass is 362 g/mol. The number of hydrogen-bond donors (Lipinski definition) is 3. The maximum atomic E-state index is 13.1. The van der Waals surface area contributed by atoms with E-state index < -0.39 is 29.4 Å². The number of carbonyl (C=O) groups is 2. The fourth-order valence-corrected chi connectivity index (χ4v) is 5.95. The summed E-state index contributed by atoms with van der Waals surface area (Å²) in [5, 5.41) is 32.4. The summed E-state index contributed by atoms with van der Waals surface area (Å²) >= 11 is 0. The topological polar surface area (TPSA) is 104 Å². The Balaban J connectivity index is 2.02. The van der Waals surface area contributed by atoms with E-state index in [4.69, 9.17) is 4.74 Å². The lowest BCUT2D eigenvalue weighted by molar-refractivity contribution is -0.278. The SMILES string of the molecule is CC(C)C1=C(O)C2=C(C(=O)C1=O)[C@]13CCC[C@](C)(CO[C@H]1O)[C@@H]3C[C@H]2O. The summed E-state index contributed by atoms with van der Waals surface area (Å²) in [6, 6.07) is 0. The molecule has 0 spiro atoms. The summed E-state index contributed by atoms with van der Waals surface area (Å²) in [4.78, 5) is 25.9. The Morgan fingerprint density at radius 3 is 2.50 bits per heavy atom. The number of aliphatic hydroxyl groups is 3. The van der Waals surface area contributed by atoms with Gasteiger partial charge in [0.25, 0.3) is 0 Å². The van der Waals surface area contributed by atoms with Gasteiger partial charge in [-0.05, 0) is 36.5 Å². The number of ketones is 2. The largest absolute Gasteiger partial charge is 0.507 e. The predicted octanol–water partition coefficient (Wildman–Crippen LogP) is 1.81. The van der Waals surface area contributed by atoms with Crippen LogP contribution in [-0.4, -0.2) is 45.9 Å². The van der Waals surface area contributed by atoms with E-state index in [9.17, 15) is 24.9 Å². The minimum absolute atomic E-state index is 0.0486. The molecule has 1 aliphatic heterocycles. The van der Waals surface area contributed by atoms with Gasteiger partial charge in [-0.3, -0.25) is 9.59 Å². The highest BCUT2D eigenvalue weighted by Gasteiger charge is 2.66. The lowest BCUT2D eigenvalue weighted by atomic mass is 9.46. The summed E-state index contributed by atoms with van der Waals surface area (Å²) in [5.74, 6) is -2.24. The summed E-state index contributed by atoms with van der Waals surface area (Å²) in [6.45, 7) is 5.88. The Hall–Kier alpha value is -1.50. The molecule has 3 aliphatic carbocycles. The fourth-order valence-electron chi connectivity index (χ4n) is 5.95. The van der Waals surface area contributed by atoms with E-state index in [2.05, 4.69) is 6.92 Å². The molecule has 2 bridgehead atoms. The standard InChI is InChI=1S/C20H26O6/c1-9(2)12-15(22)13-10(21)7-11-19(3)5-4-6-20(11,18(25)26-8-19)14(13)17(24)16(12)23/h9-11,18,21-22,25H,4-8H2,1-3H3/t10-,11+,18-,19-,20-/m1/s1. The first-order valence-electron chi connectivity index (χ1n) is 9.40. The zero-order chi connectivity index (χ0) is 19.0. The van der Waals surface area contributed by atoms with Crippen molar-refractivity contribution in [3.05, 3.63) is 22.5 Å². The zero-order valence-corrected chi connectivity index (χ0v) is 15.4. The molecule has 1 saturated carbocycles. The molecule has 0 radical (unpaired) electrons. The Labute approximate surface area is 152 Å². The van der Waals surface area contributed by atoms with Gasteiger partial charge in [0.05, 0.1) is 18.1 Å². The van der Waals surface area contributed by atoms with Crippen LogP contribution in [0.5, 0.6) is 0 Å². The minimum Gasteiger partial charge on any atom is -0.507 e. The molecule has 6 nitrogen and oxygen atoms in total. The summed E-state index contributed by atoms with van der Waals surface area (Å²) in [5.41, 5.74) is -1.05. The quantitative estimate of drug-likeness (QED) is 0.485. The smallest absolute Gasteiger partial charge is 0.233 e. The number of allylic oxidation sites excluding steroid dienone is 1. The van der Waals surface area contributed by atoms with E-state index in [0.717, 1.165) is 12.8 Å². The van der Waals surface area contributed by atoms with Crippen molar-refractivity contribution in [2.45, 2.75) is 58.8 Å². The number of carbonyl (C=O) groups excluding carboxylic acids is 2. The molecule has 0 aromatic rings. The van der Waals surface area contributed by atoms with Gasteiger partial charge in [-0.25, -0.2) is 0 Å². The van der Waals surface area contributed by atoms with E-state index >= 15 is 0 Å². The highest BCUT2D eigenvalue weighted by Crippen LogP contribution is 2.65. The summed E-state index contributed by atoms with van der Waals surface area (Å²) in [7, 11) is 0. The fraction of sp³-hybridized carbons (Fsp3) is 0.700. The van der Waals surface area contributed by atoms with Crippen LogP contribution in [0.3, 0.4) is 0 Å². The van der Waals surface area contributed by atoms with Crippen molar-refractivity contribution in [2.24, 2.45) is 22.7 Å². The summed E-state index contributed by atoms with van der Waals surface area (Å²) in [6.07, 6.45) is 0.266. The average Bonchev–Trinajstić information content (AvgIpc) is 2.56. The predicted molar refractivity (Wildman–Crippen MR) is 92.0 cm³/mol. The third kappa shape index (κ3) is 1.98. The van der Waals surface area contributed by atoms with Crippen LogP contribution in [0.15, 0.2) is 22.5 Å². The molecule has 1 saturated heterocycles. The van der Waals surface area contributed by atoms with Crippen LogP contribution in [0.1, 0.15) is 46.5 Å². The molecular formula is C20H26O6. The first-order valence-corrected chi connectivity index (χ1v) is 9.40. The van der Waals surface area contributed by atoms with Crippen molar-refractivity contribution in [2.75, 3.05) is 6.61 Å². The highest BCUT2D eigenvalue weighted by molar-refractivity contribution is 6.50. The van der Waals surface area contributed by atoms with Gasteiger partial charge in [-0.2, -0.15) is 0 Å². The van der Waals surface area contributed by atoms with Crippen molar-refractivity contribution in [3.63, 3.8) is 0 Å². The zero-order valence-electron chi connectivity index (χ0n) is 15.4. The van der Waals surface area contributed by atoms with Crippen LogP contribution in [0.2, 0.25) is 0 Å². The van der Waals surface area contributed by atoms with E-state index in [-0.39, 0.29) is 39.7 Å². The van der Waals surface area contributed by atoms with Gasteiger partial charge in [-0.15, -0.1) is 0 Å². The van der Waals surface area contributed by atoms with Crippen LogP contribution in [0, 0.1) is 22.7 Å². The number of ether oxygens (including phenoxy) is 1. The van der Waals surface area contributed by atoms with Gasteiger partial charge in [0.2, 0.25) is 11.6 Å². The van der Waals surface area contributed by atoms with Crippen LogP contribution >= 0.6 is 0 Å². The van der Waals surface area contributed by atoms with E-state index in [0.29, 0.717) is 19.4 Å². The van der Waals surface area contributed by atoms with E-state index in [1.165, 1.54) is 0 Å². The normalized spacial score (nSPS) is 42.9. The maximum absolute atomic E-state index is 13.1. The van der Waals surface area contributed by atoms with Crippen molar-refractivity contribution < 1.29 is 29.6 Å². The second kappa shape index (κ2) is 5.50. The molecule has 4 rings (SSSR count). The van der Waals surface area contributed by atoms with Crippen LogP contribution in [0.25, 0.3) is 0 Å². The molecular weight excluding hydrogens is 336 g/mol. The lowest BCUT2D eigenvalue weighted by Gasteiger charge is -2.62. The maximum Gasteiger partial charge on any atom is 0.233 e. The van der Waals surface area contributed by atoms with E-state index in [1.807, 2.05) is 0 Å². The van der Waals surface area contributed by atoms with E-state index in [1.54, 1.807) is 13.8 Å². The highest BCUT2D eigenvalue weighted by atomic mass is 16.6. The van der Waals surface area contributed by atoms with Crippen LogP contribution in [0.4, 0.5) is 0 Å². The van der Waals surface area contributed by atoms with Gasteiger partial charge in [0, 0.05) is 16.7 Å². The van der Waals surface area contributed by atoms with Gasteiger partial charge in [-0.1, -0.05) is 27.2 Å². The first kappa shape index (κ1) is 17.9. The molecule has 0 unspecified atom stereocenters. The van der Waals surface area contributed by atoms with Crippen molar-refractivity contribution in [3.8, 4) is 0 Å².